The van der Waals surface area contributed by atoms with E-state index in [-0.39, 0.29) is 30.4 Å². The largest absolute Gasteiger partial charge is 0.497 e. The number of benzene rings is 2. The van der Waals surface area contributed by atoms with Crippen LogP contribution in [0.2, 0.25) is 0 Å². The van der Waals surface area contributed by atoms with Gasteiger partial charge in [0.1, 0.15) is 17.6 Å². The van der Waals surface area contributed by atoms with Gasteiger partial charge >= 0.3 is 12.2 Å². The minimum atomic E-state index is -4.56. The number of nitrogens with zero attached hydrogens (tertiary/aromatic N) is 2. The Kier molecular flexibility index (Phi) is 5.16. The lowest BCUT2D eigenvalue weighted by Crippen LogP contribution is -2.44. The molecule has 0 spiro atoms. The van der Waals surface area contributed by atoms with Crippen molar-refractivity contribution in [3.05, 3.63) is 53.6 Å². The number of carbonyl (C=O) groups is 2. The molecule has 31 heavy (non-hydrogen) atoms. The summed E-state index contributed by atoms with van der Waals surface area (Å²) in [7, 11) is 3.05. The molecule has 7 nitrogen and oxygen atoms in total. The molecular weight excluding hydrogens is 415 g/mol. The molecular formula is C21H20F3N3O4. The molecule has 4 rings (SSSR count). The molecule has 164 valence electrons. The van der Waals surface area contributed by atoms with Gasteiger partial charge in [0.05, 0.1) is 30.8 Å². The number of hydrogen-bond donors (Lipinski definition) is 1. The van der Waals surface area contributed by atoms with Crippen LogP contribution in [0.4, 0.5) is 23.7 Å². The number of likely N-dealkylation sites (N-methyl/N-ethyl adjacent to an activating group) is 1. The summed E-state index contributed by atoms with van der Waals surface area (Å²) < 4.78 is 50.1. The van der Waals surface area contributed by atoms with E-state index in [1.807, 2.05) is 0 Å². The van der Waals surface area contributed by atoms with Crippen molar-refractivity contribution >= 4 is 17.6 Å². The Morgan fingerprint density at radius 2 is 1.87 bits per heavy atom. The summed E-state index contributed by atoms with van der Waals surface area (Å²) in [4.78, 5) is 28.4. The van der Waals surface area contributed by atoms with E-state index in [4.69, 9.17) is 9.47 Å². The lowest BCUT2D eigenvalue weighted by atomic mass is 10.1. The molecule has 1 N–H and O–H groups in total. The fourth-order valence-corrected chi connectivity index (χ4v) is 3.77. The van der Waals surface area contributed by atoms with Gasteiger partial charge in [0.25, 0.3) is 5.91 Å². The zero-order valence-electron chi connectivity index (χ0n) is 16.8. The summed E-state index contributed by atoms with van der Waals surface area (Å²) in [6.45, 7) is 0.375. The number of amides is 3. The molecule has 0 saturated carbocycles. The molecule has 2 aromatic carbocycles. The van der Waals surface area contributed by atoms with E-state index in [1.165, 1.54) is 16.8 Å². The maximum atomic E-state index is 13.1. The lowest BCUT2D eigenvalue weighted by Gasteiger charge is -2.25. The minimum Gasteiger partial charge on any atom is -0.497 e. The zero-order valence-corrected chi connectivity index (χ0v) is 16.8. The first-order valence-electron chi connectivity index (χ1n) is 9.52. The van der Waals surface area contributed by atoms with Gasteiger partial charge in [0.15, 0.2) is 0 Å². The fraction of sp³-hybridized carbons (Fsp3) is 0.333. The molecule has 3 amide bonds. The Morgan fingerprint density at radius 3 is 2.52 bits per heavy atom. The van der Waals surface area contributed by atoms with Gasteiger partial charge in [-0.05, 0) is 42.5 Å². The summed E-state index contributed by atoms with van der Waals surface area (Å²) >= 11 is 0. The number of methoxy groups -OCH3 is 1. The smallest absolute Gasteiger partial charge is 0.416 e. The van der Waals surface area contributed by atoms with Crippen molar-refractivity contribution in [2.45, 2.75) is 18.3 Å². The van der Waals surface area contributed by atoms with Gasteiger partial charge in [-0.2, -0.15) is 13.2 Å². The van der Waals surface area contributed by atoms with Crippen molar-refractivity contribution in [1.82, 2.24) is 9.80 Å². The third-order valence-electron chi connectivity index (χ3n) is 5.50. The standard InChI is InChI=1S/C21H20F3N3O4/c1-26-16-10-27(20(29)25-13-4-6-14(30-2)7-5-13)11-18(16)31-17-8-3-12(21(22,23)24)9-15(17)19(26)28/h3-9,16,18H,10-11H2,1-2H3,(H,25,29)/t16-,18+/m1/s1. The maximum Gasteiger partial charge on any atom is 0.416 e. The molecule has 2 atom stereocenters. The van der Waals surface area contributed by atoms with Crippen LogP contribution in [0.15, 0.2) is 42.5 Å². The van der Waals surface area contributed by atoms with E-state index in [0.717, 1.165) is 18.2 Å². The van der Waals surface area contributed by atoms with Gasteiger partial charge in [0.2, 0.25) is 0 Å². The number of hydrogen-bond acceptors (Lipinski definition) is 4. The first-order chi connectivity index (χ1) is 14.7. The first-order valence-corrected chi connectivity index (χ1v) is 9.52. The second-order valence-corrected chi connectivity index (χ2v) is 7.41. The second-order valence-electron chi connectivity index (χ2n) is 7.41. The quantitative estimate of drug-likeness (QED) is 0.785. The summed E-state index contributed by atoms with van der Waals surface area (Å²) in [5.41, 5.74) is -0.474. The van der Waals surface area contributed by atoms with Crippen molar-refractivity contribution in [2.24, 2.45) is 0 Å². The number of halogens is 3. The number of alkyl halides is 3. The molecule has 1 saturated heterocycles. The number of ether oxygens (including phenoxy) is 2. The van der Waals surface area contributed by atoms with Crippen LogP contribution in [-0.4, -0.2) is 61.1 Å². The van der Waals surface area contributed by atoms with Crippen molar-refractivity contribution in [3.8, 4) is 11.5 Å². The number of anilines is 1. The van der Waals surface area contributed by atoms with Crippen LogP contribution < -0.4 is 14.8 Å². The molecule has 2 aliphatic heterocycles. The van der Waals surface area contributed by atoms with Crippen molar-refractivity contribution in [3.63, 3.8) is 0 Å². The van der Waals surface area contributed by atoms with E-state index >= 15 is 0 Å². The van der Waals surface area contributed by atoms with Gasteiger partial charge in [-0.15, -0.1) is 0 Å². The van der Waals surface area contributed by atoms with Crippen LogP contribution in [0.5, 0.6) is 11.5 Å². The normalized spacial score (nSPS) is 20.5. The Bertz CT molecular complexity index is 1010. The average Bonchev–Trinajstić information content (AvgIpc) is 3.13. The number of likely N-dealkylation sites (tertiary alicyclic amines) is 1. The highest BCUT2D eigenvalue weighted by Crippen LogP contribution is 2.36. The van der Waals surface area contributed by atoms with Crippen molar-refractivity contribution in [1.29, 1.82) is 0 Å². The van der Waals surface area contributed by atoms with E-state index in [1.54, 1.807) is 31.4 Å². The predicted molar refractivity (Wildman–Crippen MR) is 105 cm³/mol. The lowest BCUT2D eigenvalue weighted by molar-refractivity contribution is -0.137. The number of fused-ring (bicyclic) bond motifs is 2. The molecule has 2 aromatic rings. The van der Waals surface area contributed by atoms with Gasteiger partial charge in [-0.1, -0.05) is 0 Å². The Balaban J connectivity index is 1.51. The topological polar surface area (TPSA) is 71.1 Å². The van der Waals surface area contributed by atoms with Gasteiger partial charge in [-0.3, -0.25) is 4.79 Å². The van der Waals surface area contributed by atoms with Gasteiger partial charge < -0.3 is 24.6 Å². The molecule has 0 bridgehead atoms. The zero-order chi connectivity index (χ0) is 22.3. The molecule has 10 heteroatoms. The number of rotatable bonds is 2. The molecule has 1 fully saturated rings. The van der Waals surface area contributed by atoms with E-state index in [9.17, 15) is 22.8 Å². The van der Waals surface area contributed by atoms with Crippen LogP contribution in [0.25, 0.3) is 0 Å². The number of urea groups is 1. The third kappa shape index (κ3) is 3.97. The van der Waals surface area contributed by atoms with E-state index in [2.05, 4.69) is 5.32 Å². The molecule has 0 radical (unpaired) electrons. The van der Waals surface area contributed by atoms with Crippen LogP contribution in [-0.2, 0) is 6.18 Å². The average molecular weight is 435 g/mol. The van der Waals surface area contributed by atoms with Gasteiger partial charge in [-0.25, -0.2) is 4.79 Å². The molecule has 0 aliphatic carbocycles. The summed E-state index contributed by atoms with van der Waals surface area (Å²) in [5, 5.41) is 2.78. The number of carbonyl (C=O) groups excluding carboxylic acids is 2. The Hall–Kier alpha value is -3.43. The second kappa shape index (κ2) is 7.68. The minimum absolute atomic E-state index is 0.0785. The maximum absolute atomic E-state index is 13.1. The highest BCUT2D eigenvalue weighted by molar-refractivity contribution is 5.98. The van der Waals surface area contributed by atoms with Crippen LogP contribution >= 0.6 is 0 Å². The third-order valence-corrected chi connectivity index (χ3v) is 5.50. The number of nitrogens with one attached hydrogen (secondary N) is 1. The summed E-state index contributed by atoms with van der Waals surface area (Å²) in [5.74, 6) is 0.156. The van der Waals surface area contributed by atoms with Crippen LogP contribution in [0.3, 0.4) is 0 Å². The SMILES string of the molecule is COc1ccc(NC(=O)N2C[C@@H]3Oc4ccc(C(F)(F)F)cc4C(=O)N(C)[C@@H]3C2)cc1. The van der Waals surface area contributed by atoms with E-state index in [0.29, 0.717) is 11.4 Å². The van der Waals surface area contributed by atoms with Crippen LogP contribution in [0, 0.1) is 0 Å². The first kappa shape index (κ1) is 20.8. The van der Waals surface area contributed by atoms with E-state index < -0.39 is 29.8 Å². The molecule has 0 aromatic heterocycles. The predicted octanol–water partition coefficient (Wildman–Crippen LogP) is 3.46. The van der Waals surface area contributed by atoms with Crippen molar-refractivity contribution in [2.75, 3.05) is 32.6 Å². The summed E-state index contributed by atoms with van der Waals surface area (Å²) in [6.07, 6.45) is -5.12. The molecule has 2 aliphatic rings. The summed E-state index contributed by atoms with van der Waals surface area (Å²) in [6, 6.07) is 8.82. The van der Waals surface area contributed by atoms with Crippen molar-refractivity contribution < 1.29 is 32.2 Å². The highest BCUT2D eigenvalue weighted by Gasteiger charge is 2.44. The Morgan fingerprint density at radius 1 is 1.16 bits per heavy atom. The fourth-order valence-electron chi connectivity index (χ4n) is 3.77. The van der Waals surface area contributed by atoms with Gasteiger partial charge in [0, 0.05) is 19.3 Å². The monoisotopic (exact) mass is 435 g/mol. The molecule has 2 heterocycles. The Labute approximate surface area is 176 Å². The molecule has 0 unspecified atom stereocenters. The van der Waals surface area contributed by atoms with Crippen LogP contribution in [0.1, 0.15) is 15.9 Å². The highest BCUT2D eigenvalue weighted by atomic mass is 19.4.